The Labute approximate surface area is 224 Å². The maximum absolute atomic E-state index is 14.8. The number of H-pyrrole nitrogens is 1. The van der Waals surface area contributed by atoms with Crippen LogP contribution in [0, 0.1) is 17.5 Å². The SMILES string of the molecule is CC(C)[Si](OCCc1nc2c(F)c(F)cc(-c3noc(=O)n3-c3ccc(F)c(Cl)c3)c2[nH]1)(C(C)C)C(C)C. The predicted molar refractivity (Wildman–Crippen MR) is 143 cm³/mol. The van der Waals surface area contributed by atoms with Crippen molar-refractivity contribution in [3.63, 3.8) is 0 Å². The van der Waals surface area contributed by atoms with E-state index in [1.54, 1.807) is 0 Å². The summed E-state index contributed by atoms with van der Waals surface area (Å²) in [6.45, 7) is 13.5. The monoisotopic (exact) mass is 566 g/mol. The number of hydrogen-bond donors (Lipinski definition) is 1. The second-order valence-corrected chi connectivity index (χ2v) is 16.1. The Hall–Kier alpha value is -2.89. The third kappa shape index (κ3) is 4.82. The number of aromatic amines is 1. The summed E-state index contributed by atoms with van der Waals surface area (Å²) in [4.78, 5) is 19.8. The van der Waals surface area contributed by atoms with Gasteiger partial charge in [-0.3, -0.25) is 4.52 Å². The number of hydrogen-bond acceptors (Lipinski definition) is 5. The molecule has 0 aliphatic carbocycles. The van der Waals surface area contributed by atoms with Gasteiger partial charge < -0.3 is 9.41 Å². The Morgan fingerprint density at radius 1 is 1.05 bits per heavy atom. The Morgan fingerprint density at radius 2 is 1.71 bits per heavy atom. The molecule has 2 aromatic carbocycles. The molecule has 0 fully saturated rings. The topological polar surface area (TPSA) is 85.9 Å². The molecule has 0 radical (unpaired) electrons. The first-order valence-electron chi connectivity index (χ1n) is 12.4. The second kappa shape index (κ2) is 10.7. The largest absolute Gasteiger partial charge is 0.446 e. The number of benzene rings is 2. The van der Waals surface area contributed by atoms with Crippen LogP contribution in [0.3, 0.4) is 0 Å². The maximum atomic E-state index is 14.8. The third-order valence-corrected chi connectivity index (χ3v) is 13.5. The number of rotatable bonds is 9. The van der Waals surface area contributed by atoms with Gasteiger partial charge in [-0.25, -0.2) is 27.5 Å². The molecule has 0 saturated carbocycles. The van der Waals surface area contributed by atoms with Gasteiger partial charge in [0.25, 0.3) is 0 Å². The lowest BCUT2D eigenvalue weighted by Crippen LogP contribution is -2.48. The molecule has 38 heavy (non-hydrogen) atoms. The van der Waals surface area contributed by atoms with E-state index in [1.807, 2.05) is 0 Å². The molecular formula is C26H30ClF3N4O3Si. The highest BCUT2D eigenvalue weighted by atomic mass is 35.5. The van der Waals surface area contributed by atoms with Crippen molar-refractivity contribution in [2.24, 2.45) is 0 Å². The van der Waals surface area contributed by atoms with E-state index in [9.17, 15) is 18.0 Å². The van der Waals surface area contributed by atoms with E-state index >= 15 is 0 Å². The van der Waals surface area contributed by atoms with Gasteiger partial charge in [0.2, 0.25) is 0 Å². The minimum absolute atomic E-state index is 0.0418. The van der Waals surface area contributed by atoms with Crippen LogP contribution in [0.15, 0.2) is 33.6 Å². The van der Waals surface area contributed by atoms with Crippen molar-refractivity contribution in [3.8, 4) is 17.1 Å². The number of halogens is 4. The summed E-state index contributed by atoms with van der Waals surface area (Å²) in [6.07, 6.45) is 0.343. The summed E-state index contributed by atoms with van der Waals surface area (Å²) < 4.78 is 55.6. The number of imidazole rings is 1. The van der Waals surface area contributed by atoms with Crippen molar-refractivity contribution in [1.29, 1.82) is 0 Å². The summed E-state index contributed by atoms with van der Waals surface area (Å²) in [5.74, 6) is -3.63. The van der Waals surface area contributed by atoms with Crippen LogP contribution in [-0.2, 0) is 10.8 Å². The van der Waals surface area contributed by atoms with Crippen LogP contribution < -0.4 is 5.76 Å². The fraction of sp³-hybridized carbons (Fsp3) is 0.423. The van der Waals surface area contributed by atoms with Crippen LogP contribution in [0.5, 0.6) is 0 Å². The molecule has 204 valence electrons. The molecule has 4 rings (SSSR count). The van der Waals surface area contributed by atoms with Crippen molar-refractivity contribution in [2.45, 2.75) is 64.6 Å². The molecule has 1 N–H and O–H groups in total. The fourth-order valence-corrected chi connectivity index (χ4v) is 11.2. The number of nitrogens with one attached hydrogen (secondary N) is 1. The second-order valence-electron chi connectivity index (χ2n) is 10.2. The molecule has 0 aliphatic heterocycles. The lowest BCUT2D eigenvalue weighted by Gasteiger charge is -2.42. The summed E-state index contributed by atoms with van der Waals surface area (Å²) >= 11 is 5.89. The summed E-state index contributed by atoms with van der Waals surface area (Å²) in [5, 5.41) is 3.55. The van der Waals surface area contributed by atoms with Gasteiger partial charge in [0.15, 0.2) is 25.8 Å². The first-order chi connectivity index (χ1) is 17.9. The van der Waals surface area contributed by atoms with E-state index in [-0.39, 0.29) is 33.1 Å². The van der Waals surface area contributed by atoms with Crippen molar-refractivity contribution in [3.05, 3.63) is 63.1 Å². The lowest BCUT2D eigenvalue weighted by atomic mass is 10.1. The van der Waals surface area contributed by atoms with Gasteiger partial charge in [-0.2, -0.15) is 0 Å². The van der Waals surface area contributed by atoms with Gasteiger partial charge in [0.05, 0.1) is 21.8 Å². The first kappa shape index (κ1) is 28.1. The quantitative estimate of drug-likeness (QED) is 0.217. The molecule has 12 heteroatoms. The van der Waals surface area contributed by atoms with E-state index in [2.05, 4.69) is 56.7 Å². The first-order valence-corrected chi connectivity index (χ1v) is 14.9. The molecule has 0 unspecified atom stereocenters. The van der Waals surface area contributed by atoms with Crippen LogP contribution in [0.1, 0.15) is 47.4 Å². The van der Waals surface area contributed by atoms with E-state index in [4.69, 9.17) is 20.6 Å². The van der Waals surface area contributed by atoms with Gasteiger partial charge in [-0.05, 0) is 40.9 Å². The molecule has 0 amide bonds. The minimum Gasteiger partial charge on any atom is -0.416 e. The van der Waals surface area contributed by atoms with Gasteiger partial charge in [-0.1, -0.05) is 58.3 Å². The molecule has 7 nitrogen and oxygen atoms in total. The van der Waals surface area contributed by atoms with Crippen molar-refractivity contribution in [1.82, 2.24) is 19.7 Å². The molecule has 0 aliphatic rings. The van der Waals surface area contributed by atoms with Gasteiger partial charge in [-0.15, -0.1) is 0 Å². The highest BCUT2D eigenvalue weighted by molar-refractivity contribution is 6.77. The minimum atomic E-state index is -2.13. The van der Waals surface area contributed by atoms with Crippen LogP contribution >= 0.6 is 11.6 Å². The Bertz CT molecular complexity index is 1510. The molecule has 0 spiro atoms. The standard InChI is InChI=1S/C26H30ClF3N4O3Si/c1-13(2)38(14(3)4,15(5)6)36-10-9-21-31-23-17(12-20(29)22(30)24(23)32-21)25-33-37-26(35)34(25)16-7-8-19(28)18(27)11-16/h7-8,11-15H,9-10H2,1-6H3,(H,31,32). The van der Waals surface area contributed by atoms with Gasteiger partial charge in [0, 0.05) is 13.0 Å². The van der Waals surface area contributed by atoms with Crippen LogP contribution in [-0.4, -0.2) is 34.6 Å². The van der Waals surface area contributed by atoms with E-state index < -0.39 is 31.5 Å². The van der Waals surface area contributed by atoms with Crippen molar-refractivity contribution >= 4 is 31.0 Å². The molecule has 2 heterocycles. The lowest BCUT2D eigenvalue weighted by molar-refractivity contribution is 0.279. The van der Waals surface area contributed by atoms with E-state index in [1.165, 1.54) is 12.1 Å². The normalized spacial score (nSPS) is 12.6. The molecule has 0 saturated heterocycles. The predicted octanol–water partition coefficient (Wildman–Crippen LogP) is 7.17. The summed E-state index contributed by atoms with van der Waals surface area (Å²) in [5.41, 5.74) is 1.24. The molecule has 0 atom stereocenters. The number of nitrogens with zero attached hydrogens (tertiary/aromatic N) is 3. The zero-order valence-electron chi connectivity index (χ0n) is 22.0. The van der Waals surface area contributed by atoms with E-state index in [0.29, 0.717) is 35.5 Å². The van der Waals surface area contributed by atoms with Crippen LogP contribution in [0.4, 0.5) is 13.2 Å². The fourth-order valence-electron chi connectivity index (χ4n) is 5.54. The van der Waals surface area contributed by atoms with Crippen molar-refractivity contribution < 1.29 is 22.1 Å². The van der Waals surface area contributed by atoms with Gasteiger partial charge >= 0.3 is 5.76 Å². The van der Waals surface area contributed by atoms with E-state index in [0.717, 1.165) is 16.7 Å². The van der Waals surface area contributed by atoms with Crippen LogP contribution in [0.2, 0.25) is 21.6 Å². The van der Waals surface area contributed by atoms with Crippen molar-refractivity contribution in [2.75, 3.05) is 6.61 Å². The molecule has 4 aromatic rings. The molecular weight excluding hydrogens is 537 g/mol. The maximum Gasteiger partial charge on any atom is 0.446 e. The van der Waals surface area contributed by atoms with Crippen LogP contribution in [0.25, 0.3) is 28.1 Å². The average Bonchev–Trinajstić information content (AvgIpc) is 3.44. The number of aromatic nitrogens is 4. The smallest absolute Gasteiger partial charge is 0.416 e. The Morgan fingerprint density at radius 3 is 2.32 bits per heavy atom. The zero-order chi connectivity index (χ0) is 27.9. The average molecular weight is 567 g/mol. The Balaban J connectivity index is 1.75. The third-order valence-electron chi connectivity index (χ3n) is 7.12. The summed E-state index contributed by atoms with van der Waals surface area (Å²) in [6, 6.07) is 4.48. The molecule has 2 aromatic heterocycles. The molecule has 0 bridgehead atoms. The Kier molecular flexibility index (Phi) is 7.92. The number of fused-ring (bicyclic) bond motifs is 1. The highest BCUT2D eigenvalue weighted by Gasteiger charge is 2.44. The summed E-state index contributed by atoms with van der Waals surface area (Å²) in [7, 11) is -2.13. The zero-order valence-corrected chi connectivity index (χ0v) is 23.8. The van der Waals surface area contributed by atoms with Gasteiger partial charge in [0.1, 0.15) is 17.2 Å². The highest BCUT2D eigenvalue weighted by Crippen LogP contribution is 2.42.